The van der Waals surface area contributed by atoms with Gasteiger partial charge in [-0.05, 0) is 42.9 Å². The Morgan fingerprint density at radius 2 is 1.85 bits per heavy atom. The van der Waals surface area contributed by atoms with Gasteiger partial charge >= 0.3 is 5.97 Å². The molecule has 0 aliphatic carbocycles. The number of carboxylic acids is 1. The van der Waals surface area contributed by atoms with Gasteiger partial charge in [-0.1, -0.05) is 32.0 Å². The van der Waals surface area contributed by atoms with Crippen LogP contribution in [-0.4, -0.2) is 17.0 Å². The highest BCUT2D eigenvalue weighted by Gasteiger charge is 2.22. The fourth-order valence-corrected chi connectivity index (χ4v) is 1.88. The summed E-state index contributed by atoms with van der Waals surface area (Å²) in [6.45, 7) is 7.96. The molecule has 0 spiro atoms. The van der Waals surface area contributed by atoms with Crippen LogP contribution in [0, 0.1) is 19.8 Å². The Morgan fingerprint density at radius 3 is 2.35 bits per heavy atom. The Kier molecular flexibility index (Phi) is 5.74. The second-order valence-electron chi connectivity index (χ2n) is 5.61. The predicted octanol–water partition coefficient (Wildman–Crippen LogP) is 2.98. The van der Waals surface area contributed by atoms with Crippen LogP contribution in [0.5, 0.6) is 0 Å². The molecule has 110 valence electrons. The van der Waals surface area contributed by atoms with Gasteiger partial charge in [0.25, 0.3) is 0 Å². The van der Waals surface area contributed by atoms with E-state index in [-0.39, 0.29) is 5.91 Å². The van der Waals surface area contributed by atoms with Gasteiger partial charge in [-0.2, -0.15) is 0 Å². The van der Waals surface area contributed by atoms with E-state index in [1.54, 1.807) is 6.07 Å². The molecule has 0 saturated heterocycles. The highest BCUT2D eigenvalue weighted by Crippen LogP contribution is 2.18. The van der Waals surface area contributed by atoms with Crippen molar-refractivity contribution in [1.29, 1.82) is 0 Å². The van der Waals surface area contributed by atoms with Crippen molar-refractivity contribution >= 4 is 11.9 Å². The molecule has 0 aromatic heterocycles. The van der Waals surface area contributed by atoms with Crippen LogP contribution >= 0.6 is 0 Å². The van der Waals surface area contributed by atoms with Crippen LogP contribution in [0.25, 0.3) is 0 Å². The summed E-state index contributed by atoms with van der Waals surface area (Å²) >= 11 is 0. The number of nitrogens with one attached hydrogen (secondary N) is 1. The Hall–Kier alpha value is -1.84. The van der Waals surface area contributed by atoms with Crippen molar-refractivity contribution in [1.82, 2.24) is 5.32 Å². The van der Waals surface area contributed by atoms with E-state index in [0.717, 1.165) is 17.5 Å². The summed E-state index contributed by atoms with van der Waals surface area (Å²) < 4.78 is 0. The zero-order valence-electron chi connectivity index (χ0n) is 12.6. The largest absolute Gasteiger partial charge is 0.479 e. The molecule has 0 bridgehead atoms. The normalized spacial score (nSPS) is 12.2. The van der Waals surface area contributed by atoms with Crippen molar-refractivity contribution in [3.63, 3.8) is 0 Å². The van der Waals surface area contributed by atoms with E-state index in [0.29, 0.717) is 17.9 Å². The smallest absolute Gasteiger partial charge is 0.330 e. The summed E-state index contributed by atoms with van der Waals surface area (Å²) in [7, 11) is 0. The van der Waals surface area contributed by atoms with Crippen molar-refractivity contribution in [3.8, 4) is 0 Å². The Balaban J connectivity index is 2.81. The third kappa shape index (κ3) is 4.68. The average Bonchev–Trinajstić information content (AvgIpc) is 2.36. The Labute approximate surface area is 120 Å². The molecule has 1 rings (SSSR count). The van der Waals surface area contributed by atoms with Crippen LogP contribution < -0.4 is 5.32 Å². The third-order valence-corrected chi connectivity index (χ3v) is 3.37. The number of hydrogen-bond acceptors (Lipinski definition) is 2. The molecule has 0 aliphatic heterocycles. The van der Waals surface area contributed by atoms with Crippen LogP contribution in [0.2, 0.25) is 0 Å². The second kappa shape index (κ2) is 7.08. The summed E-state index contributed by atoms with van der Waals surface area (Å²) in [6.07, 6.45) is 1.11. The lowest BCUT2D eigenvalue weighted by atomic mass is 10.0. The van der Waals surface area contributed by atoms with Gasteiger partial charge in [-0.3, -0.25) is 4.79 Å². The molecule has 2 N–H and O–H groups in total. The highest BCUT2D eigenvalue weighted by atomic mass is 16.4. The maximum Gasteiger partial charge on any atom is 0.330 e. The minimum atomic E-state index is -1.04. The van der Waals surface area contributed by atoms with Gasteiger partial charge in [0, 0.05) is 6.42 Å². The monoisotopic (exact) mass is 277 g/mol. The number of aryl methyl sites for hydroxylation is 2. The molecule has 1 unspecified atom stereocenters. The fourth-order valence-electron chi connectivity index (χ4n) is 1.88. The number of rotatable bonds is 6. The average molecular weight is 277 g/mol. The zero-order chi connectivity index (χ0) is 15.3. The lowest BCUT2D eigenvalue weighted by Crippen LogP contribution is -2.33. The van der Waals surface area contributed by atoms with Crippen LogP contribution in [0.1, 0.15) is 49.4 Å². The minimum absolute atomic E-state index is 0.218. The molecule has 0 fully saturated rings. The summed E-state index contributed by atoms with van der Waals surface area (Å²) in [6, 6.07) is 4.47. The van der Waals surface area contributed by atoms with Gasteiger partial charge < -0.3 is 10.4 Å². The molecule has 1 atom stereocenters. The number of carboxylic acid groups (broad SMARTS) is 1. The maximum absolute atomic E-state index is 11.8. The van der Waals surface area contributed by atoms with Gasteiger partial charge in [0.1, 0.15) is 0 Å². The molecule has 1 amide bonds. The van der Waals surface area contributed by atoms with Gasteiger partial charge in [0.15, 0.2) is 6.04 Å². The molecule has 4 heteroatoms. The van der Waals surface area contributed by atoms with Crippen LogP contribution in [-0.2, 0) is 9.59 Å². The van der Waals surface area contributed by atoms with E-state index in [1.807, 2.05) is 39.8 Å². The second-order valence-corrected chi connectivity index (χ2v) is 5.61. The first-order valence-electron chi connectivity index (χ1n) is 6.90. The van der Waals surface area contributed by atoms with Crippen molar-refractivity contribution in [2.75, 3.05) is 0 Å². The van der Waals surface area contributed by atoms with Gasteiger partial charge in [-0.15, -0.1) is 0 Å². The molecule has 0 heterocycles. The molecule has 4 nitrogen and oxygen atoms in total. The molecule has 20 heavy (non-hydrogen) atoms. The summed E-state index contributed by atoms with van der Waals surface area (Å²) in [5.74, 6) is -0.832. The molecule has 1 aromatic rings. The van der Waals surface area contributed by atoms with Gasteiger partial charge in [0.2, 0.25) is 5.91 Å². The van der Waals surface area contributed by atoms with Crippen LogP contribution in [0.15, 0.2) is 18.2 Å². The number of benzene rings is 1. The number of aliphatic carboxylic acids is 1. The number of carbonyl (C=O) groups is 2. The van der Waals surface area contributed by atoms with E-state index >= 15 is 0 Å². The first-order valence-corrected chi connectivity index (χ1v) is 6.90. The van der Waals surface area contributed by atoms with E-state index in [1.165, 1.54) is 0 Å². The van der Waals surface area contributed by atoms with E-state index in [2.05, 4.69) is 5.32 Å². The Morgan fingerprint density at radius 1 is 1.20 bits per heavy atom. The molecular formula is C16H23NO3. The van der Waals surface area contributed by atoms with Crippen molar-refractivity contribution in [3.05, 3.63) is 34.9 Å². The van der Waals surface area contributed by atoms with E-state index in [9.17, 15) is 14.7 Å². The molecule has 0 aliphatic rings. The lowest BCUT2D eigenvalue weighted by molar-refractivity contribution is -0.142. The molecular weight excluding hydrogens is 254 g/mol. The van der Waals surface area contributed by atoms with E-state index < -0.39 is 12.0 Å². The summed E-state index contributed by atoms with van der Waals surface area (Å²) in [4.78, 5) is 23.2. The predicted molar refractivity (Wildman–Crippen MR) is 78.5 cm³/mol. The standard InChI is InChI=1S/C16H23NO3/c1-10(2)5-8-14(18)17-15(16(19)20)13-7-6-11(3)12(4)9-13/h6-7,9-10,15H,5,8H2,1-4H3,(H,17,18)(H,19,20). The maximum atomic E-state index is 11.8. The highest BCUT2D eigenvalue weighted by molar-refractivity contribution is 5.84. The Bertz CT molecular complexity index is 494. The van der Waals surface area contributed by atoms with Gasteiger partial charge in [0.05, 0.1) is 0 Å². The summed E-state index contributed by atoms with van der Waals surface area (Å²) in [5.41, 5.74) is 2.73. The SMILES string of the molecule is Cc1ccc(C(NC(=O)CCC(C)C)C(=O)O)cc1C. The topological polar surface area (TPSA) is 66.4 Å². The van der Waals surface area contributed by atoms with Crippen molar-refractivity contribution in [2.24, 2.45) is 5.92 Å². The van der Waals surface area contributed by atoms with Crippen molar-refractivity contribution < 1.29 is 14.7 Å². The fraction of sp³-hybridized carbons (Fsp3) is 0.500. The third-order valence-electron chi connectivity index (χ3n) is 3.37. The van der Waals surface area contributed by atoms with Crippen LogP contribution in [0.3, 0.4) is 0 Å². The number of amides is 1. The van der Waals surface area contributed by atoms with Gasteiger partial charge in [-0.25, -0.2) is 4.79 Å². The molecule has 0 saturated carbocycles. The van der Waals surface area contributed by atoms with E-state index in [4.69, 9.17) is 0 Å². The van der Waals surface area contributed by atoms with Crippen molar-refractivity contribution in [2.45, 2.75) is 46.6 Å². The lowest BCUT2D eigenvalue weighted by Gasteiger charge is -2.16. The summed E-state index contributed by atoms with van der Waals surface area (Å²) in [5, 5.41) is 11.9. The zero-order valence-corrected chi connectivity index (χ0v) is 12.6. The van der Waals surface area contributed by atoms with Crippen LogP contribution in [0.4, 0.5) is 0 Å². The first kappa shape index (κ1) is 16.2. The minimum Gasteiger partial charge on any atom is -0.479 e. The molecule has 0 radical (unpaired) electrons. The quantitative estimate of drug-likeness (QED) is 0.840. The number of hydrogen-bond donors (Lipinski definition) is 2. The number of carbonyl (C=O) groups excluding carboxylic acids is 1. The first-order chi connectivity index (χ1) is 9.31. The molecule has 1 aromatic carbocycles.